The average molecular weight is 546 g/mol. The fourth-order valence-corrected chi connectivity index (χ4v) is 5.03. The molecule has 1 saturated heterocycles. The van der Waals surface area contributed by atoms with Crippen molar-refractivity contribution >= 4 is 61.9 Å². The highest BCUT2D eigenvalue weighted by Gasteiger charge is 2.35. The van der Waals surface area contributed by atoms with Gasteiger partial charge >= 0.3 is 0 Å². The Balaban J connectivity index is 1.49. The van der Waals surface area contributed by atoms with Gasteiger partial charge in [-0.05, 0) is 70.2 Å². The minimum absolute atomic E-state index is 0.0197. The second-order valence-corrected chi connectivity index (χ2v) is 9.30. The first-order valence-corrected chi connectivity index (χ1v) is 12.1. The van der Waals surface area contributed by atoms with E-state index in [4.69, 9.17) is 9.41 Å². The zero-order valence-electron chi connectivity index (χ0n) is 18.0. The number of nitro benzene ring substituents is 1. The third kappa shape index (κ3) is 4.82. The summed E-state index contributed by atoms with van der Waals surface area (Å²) in [6.45, 7) is 0. The summed E-state index contributed by atoms with van der Waals surface area (Å²) in [6.07, 6.45) is 1.68. The molecule has 1 aliphatic heterocycles. The predicted molar refractivity (Wildman–Crippen MR) is 142 cm³/mol. The number of rotatable bonds is 5. The molecule has 9 heteroatoms. The Labute approximate surface area is 213 Å². The molecule has 1 amide bonds. The topological polar surface area (TPSA) is 88.9 Å². The number of hydrogen-bond donors (Lipinski definition) is 0. The second-order valence-electron chi connectivity index (χ2n) is 7.44. The molecule has 0 aliphatic carbocycles. The first kappa shape index (κ1) is 22.8. The van der Waals surface area contributed by atoms with Crippen LogP contribution in [0.5, 0.6) is 0 Å². The van der Waals surface area contributed by atoms with Crippen LogP contribution in [0.1, 0.15) is 5.76 Å². The lowest BCUT2D eigenvalue weighted by Crippen LogP contribution is -2.28. The van der Waals surface area contributed by atoms with Gasteiger partial charge in [0.25, 0.3) is 11.6 Å². The van der Waals surface area contributed by atoms with Crippen molar-refractivity contribution in [3.05, 3.63) is 116 Å². The van der Waals surface area contributed by atoms with Crippen molar-refractivity contribution in [2.24, 2.45) is 4.99 Å². The molecule has 0 radical (unpaired) electrons. The van der Waals surface area contributed by atoms with Crippen molar-refractivity contribution in [1.29, 1.82) is 0 Å². The van der Waals surface area contributed by atoms with Crippen LogP contribution in [-0.4, -0.2) is 16.0 Å². The Morgan fingerprint density at radius 2 is 1.69 bits per heavy atom. The summed E-state index contributed by atoms with van der Waals surface area (Å²) in [5.74, 6) is 0.799. The molecule has 1 aliphatic rings. The van der Waals surface area contributed by atoms with E-state index in [1.807, 2.05) is 60.7 Å². The number of furan rings is 1. The summed E-state index contributed by atoms with van der Waals surface area (Å²) in [4.78, 5) is 30.7. The summed E-state index contributed by atoms with van der Waals surface area (Å²) >= 11 is 4.64. The Kier molecular flexibility index (Phi) is 6.35. The van der Waals surface area contributed by atoms with Gasteiger partial charge in [0.05, 0.1) is 21.2 Å². The number of halogens is 1. The number of non-ortho nitro benzene ring substituents is 1. The molecule has 172 valence electrons. The van der Waals surface area contributed by atoms with Crippen LogP contribution in [0.3, 0.4) is 0 Å². The zero-order valence-corrected chi connectivity index (χ0v) is 20.4. The lowest BCUT2D eigenvalue weighted by molar-refractivity contribution is -0.384. The summed E-state index contributed by atoms with van der Waals surface area (Å²) in [5.41, 5.74) is 2.11. The molecule has 1 fully saturated rings. The SMILES string of the molecule is O=C1/C(=C\c2ccc(-c3ccc([N+](=O)[O-])cc3Br)o2)SC(=Nc2ccccc2)N1c1ccccc1. The highest BCUT2D eigenvalue weighted by Crippen LogP contribution is 2.38. The number of aliphatic imine (C=N–C) groups is 1. The summed E-state index contributed by atoms with van der Waals surface area (Å²) in [7, 11) is 0. The van der Waals surface area contributed by atoms with Crippen LogP contribution in [0.2, 0.25) is 0 Å². The maximum absolute atomic E-state index is 13.4. The van der Waals surface area contributed by atoms with E-state index in [2.05, 4.69) is 15.9 Å². The van der Waals surface area contributed by atoms with E-state index < -0.39 is 4.92 Å². The number of anilines is 1. The summed E-state index contributed by atoms with van der Waals surface area (Å²) in [6, 6.07) is 26.8. The number of amides is 1. The number of para-hydroxylation sites is 2. The molecule has 0 unspecified atom stereocenters. The molecule has 5 rings (SSSR count). The molecule has 35 heavy (non-hydrogen) atoms. The third-order valence-electron chi connectivity index (χ3n) is 5.13. The number of amidine groups is 1. The number of nitrogens with zero attached hydrogens (tertiary/aromatic N) is 3. The van der Waals surface area contributed by atoms with E-state index in [0.717, 1.165) is 11.4 Å². The highest BCUT2D eigenvalue weighted by atomic mass is 79.9. The smallest absolute Gasteiger partial charge is 0.271 e. The van der Waals surface area contributed by atoms with E-state index in [9.17, 15) is 14.9 Å². The number of thioether (sulfide) groups is 1. The van der Waals surface area contributed by atoms with Crippen molar-refractivity contribution < 1.29 is 14.1 Å². The Morgan fingerprint density at radius 3 is 2.37 bits per heavy atom. The molecule has 1 aromatic heterocycles. The number of nitro groups is 1. The van der Waals surface area contributed by atoms with Crippen LogP contribution in [-0.2, 0) is 4.79 Å². The van der Waals surface area contributed by atoms with Gasteiger partial charge in [-0.2, -0.15) is 0 Å². The van der Waals surface area contributed by atoms with Gasteiger partial charge in [0.1, 0.15) is 11.5 Å². The minimum atomic E-state index is -0.456. The van der Waals surface area contributed by atoms with Crippen molar-refractivity contribution in [2.75, 3.05) is 4.90 Å². The quantitative estimate of drug-likeness (QED) is 0.148. The minimum Gasteiger partial charge on any atom is -0.457 e. The predicted octanol–water partition coefficient (Wildman–Crippen LogP) is 7.43. The van der Waals surface area contributed by atoms with Gasteiger partial charge in [-0.1, -0.05) is 36.4 Å². The normalized spacial score (nSPS) is 15.8. The Morgan fingerprint density at radius 1 is 0.971 bits per heavy atom. The van der Waals surface area contributed by atoms with Gasteiger partial charge in [-0.15, -0.1) is 0 Å². The molecule has 0 bridgehead atoms. The van der Waals surface area contributed by atoms with Crippen molar-refractivity contribution in [2.45, 2.75) is 0 Å². The van der Waals surface area contributed by atoms with E-state index in [0.29, 0.717) is 31.6 Å². The Bertz CT molecular complexity index is 1480. The molecule has 0 N–H and O–H groups in total. The van der Waals surface area contributed by atoms with Crippen LogP contribution in [0.15, 0.2) is 110 Å². The standard InChI is InChI=1S/C26H16BrN3O4S/c27-22-15-19(30(32)33)11-13-21(22)23-14-12-20(34-23)16-24-25(31)29(18-9-5-2-6-10-18)26(35-24)28-17-7-3-1-4-8-17/h1-16H/b24-16+,28-26?. The molecule has 4 aromatic rings. The summed E-state index contributed by atoms with van der Waals surface area (Å²) < 4.78 is 6.50. The van der Waals surface area contributed by atoms with Crippen molar-refractivity contribution in [1.82, 2.24) is 0 Å². The van der Waals surface area contributed by atoms with Crippen molar-refractivity contribution in [3.8, 4) is 11.3 Å². The molecule has 0 atom stereocenters. The maximum Gasteiger partial charge on any atom is 0.271 e. The van der Waals surface area contributed by atoms with E-state index >= 15 is 0 Å². The van der Waals surface area contributed by atoms with Crippen molar-refractivity contribution in [3.63, 3.8) is 0 Å². The number of benzene rings is 3. The van der Waals surface area contributed by atoms with Crippen LogP contribution in [0, 0.1) is 10.1 Å². The van der Waals surface area contributed by atoms with E-state index in [1.54, 1.807) is 29.2 Å². The Hall–Kier alpha value is -3.95. The van der Waals surface area contributed by atoms with Gasteiger partial charge < -0.3 is 4.42 Å². The zero-order chi connectivity index (χ0) is 24.4. The van der Waals surface area contributed by atoms with Gasteiger partial charge in [0.15, 0.2) is 5.17 Å². The first-order chi connectivity index (χ1) is 17.0. The lowest BCUT2D eigenvalue weighted by atomic mass is 10.1. The highest BCUT2D eigenvalue weighted by molar-refractivity contribution is 9.10. The number of carbonyl (C=O) groups excluding carboxylic acids is 1. The molecule has 7 nitrogen and oxygen atoms in total. The molecule has 0 saturated carbocycles. The molecule has 3 aromatic carbocycles. The molecular formula is C26H16BrN3O4S. The molecule has 0 spiro atoms. The first-order valence-electron chi connectivity index (χ1n) is 10.5. The van der Waals surface area contributed by atoms with E-state index in [1.165, 1.54) is 23.9 Å². The third-order valence-corrected chi connectivity index (χ3v) is 6.76. The largest absolute Gasteiger partial charge is 0.457 e. The monoisotopic (exact) mass is 545 g/mol. The van der Waals surface area contributed by atoms with Crippen LogP contribution < -0.4 is 4.90 Å². The van der Waals surface area contributed by atoms with Gasteiger partial charge in [-0.3, -0.25) is 19.8 Å². The lowest BCUT2D eigenvalue weighted by Gasteiger charge is -2.15. The van der Waals surface area contributed by atoms with E-state index in [-0.39, 0.29) is 11.6 Å². The molecule has 2 heterocycles. The average Bonchev–Trinajstić information content (AvgIpc) is 3.44. The summed E-state index contributed by atoms with van der Waals surface area (Å²) in [5, 5.41) is 11.6. The van der Waals surface area contributed by atoms with Crippen LogP contribution >= 0.6 is 27.7 Å². The van der Waals surface area contributed by atoms with Gasteiger partial charge in [-0.25, -0.2) is 4.99 Å². The van der Waals surface area contributed by atoms with Crippen LogP contribution in [0.4, 0.5) is 17.1 Å². The maximum atomic E-state index is 13.4. The fourth-order valence-electron chi connectivity index (χ4n) is 3.49. The van der Waals surface area contributed by atoms with Crippen LogP contribution in [0.25, 0.3) is 17.4 Å². The number of carbonyl (C=O) groups is 1. The fraction of sp³-hybridized carbons (Fsp3) is 0. The molecular weight excluding hydrogens is 530 g/mol. The van der Waals surface area contributed by atoms with Gasteiger partial charge in [0, 0.05) is 28.2 Å². The second kappa shape index (κ2) is 9.73. The van der Waals surface area contributed by atoms with Gasteiger partial charge in [0.2, 0.25) is 0 Å². The number of hydrogen-bond acceptors (Lipinski definition) is 6.